The molecule has 0 spiro atoms. The molecule has 2 aromatic rings. The van der Waals surface area contributed by atoms with Gasteiger partial charge in [-0.2, -0.15) is 0 Å². The zero-order chi connectivity index (χ0) is 22.0. The molecule has 0 saturated heterocycles. The number of ether oxygens (including phenoxy) is 1. The van der Waals surface area contributed by atoms with Gasteiger partial charge in [0, 0.05) is 43.3 Å². The van der Waals surface area contributed by atoms with Crippen LogP contribution in [-0.4, -0.2) is 31.6 Å². The van der Waals surface area contributed by atoms with Crippen molar-refractivity contribution in [2.75, 3.05) is 18.6 Å². The van der Waals surface area contributed by atoms with Gasteiger partial charge >= 0.3 is 0 Å². The Bertz CT molecular complexity index is 1100. The molecule has 1 aliphatic carbocycles. The minimum atomic E-state index is -0.525. The predicted molar refractivity (Wildman–Crippen MR) is 121 cm³/mol. The smallest absolute Gasteiger partial charge is 0.173 e. The van der Waals surface area contributed by atoms with Crippen LogP contribution in [-0.2, 0) is 11.2 Å². The molecule has 0 radical (unpaired) electrons. The number of halogens is 2. The normalized spacial score (nSPS) is 16.5. The van der Waals surface area contributed by atoms with E-state index in [1.54, 1.807) is 25.3 Å². The third-order valence-electron chi connectivity index (χ3n) is 5.82. The molecule has 1 aromatic heterocycles. The summed E-state index contributed by atoms with van der Waals surface area (Å²) in [5.41, 5.74) is 4.16. The number of aromatic nitrogens is 1. The van der Waals surface area contributed by atoms with Gasteiger partial charge in [-0.05, 0) is 32.2 Å². The average molecular weight is 421 g/mol. The maximum atomic E-state index is 16.1. The molecule has 2 aliphatic rings. The summed E-state index contributed by atoms with van der Waals surface area (Å²) in [6.07, 6.45) is 9.05. The van der Waals surface area contributed by atoms with Crippen molar-refractivity contribution in [2.45, 2.75) is 32.4 Å². The lowest BCUT2D eigenvalue weighted by molar-refractivity contribution is 0.111. The highest BCUT2D eigenvalue weighted by Crippen LogP contribution is 2.41. The second kappa shape index (κ2) is 8.94. The van der Waals surface area contributed by atoms with E-state index in [0.29, 0.717) is 30.8 Å². The lowest BCUT2D eigenvalue weighted by Crippen LogP contribution is -2.25. The largest absolute Gasteiger partial charge is 0.359 e. The van der Waals surface area contributed by atoms with Gasteiger partial charge in [-0.25, -0.2) is 13.8 Å². The standard InChI is InChI=1S/C25H25F2N3O/c1-16-13-14-30(21(16)15-22(28-2)31-3)25-18-10-5-4-6-12-20(18)29-24(23(25)27)17-9-7-8-11-19(17)26/h4-11,22H,2,12-15H2,1,3H3. The fourth-order valence-corrected chi connectivity index (χ4v) is 4.16. The summed E-state index contributed by atoms with van der Waals surface area (Å²) in [4.78, 5) is 10.6. The fraction of sp³-hybridized carbons (Fsp3) is 0.280. The van der Waals surface area contributed by atoms with Crippen LogP contribution in [0.25, 0.3) is 17.3 Å². The van der Waals surface area contributed by atoms with Crippen molar-refractivity contribution < 1.29 is 13.5 Å². The Balaban J connectivity index is 1.92. The fourth-order valence-electron chi connectivity index (χ4n) is 4.16. The van der Waals surface area contributed by atoms with Gasteiger partial charge in [-0.1, -0.05) is 42.0 Å². The van der Waals surface area contributed by atoms with Crippen molar-refractivity contribution in [3.63, 3.8) is 0 Å². The quantitative estimate of drug-likeness (QED) is 0.562. The molecule has 4 nitrogen and oxygen atoms in total. The van der Waals surface area contributed by atoms with E-state index in [0.717, 1.165) is 23.3 Å². The second-order valence-electron chi connectivity index (χ2n) is 7.66. The van der Waals surface area contributed by atoms with E-state index < -0.39 is 17.9 Å². The Morgan fingerprint density at radius 2 is 2.06 bits per heavy atom. The van der Waals surface area contributed by atoms with Gasteiger partial charge in [0.2, 0.25) is 0 Å². The second-order valence-corrected chi connectivity index (χ2v) is 7.66. The molecule has 4 rings (SSSR count). The van der Waals surface area contributed by atoms with Crippen LogP contribution in [0.4, 0.5) is 14.5 Å². The van der Waals surface area contributed by atoms with Gasteiger partial charge in [0.25, 0.3) is 0 Å². The molecule has 6 heteroatoms. The van der Waals surface area contributed by atoms with Crippen LogP contribution in [0.1, 0.15) is 31.0 Å². The molecule has 0 N–H and O–H groups in total. The molecule has 31 heavy (non-hydrogen) atoms. The summed E-state index contributed by atoms with van der Waals surface area (Å²) in [7, 11) is 1.58. The minimum Gasteiger partial charge on any atom is -0.359 e. The van der Waals surface area contributed by atoms with E-state index in [9.17, 15) is 4.39 Å². The Labute approximate surface area is 181 Å². The van der Waals surface area contributed by atoms with Crippen LogP contribution in [0, 0.1) is 11.6 Å². The Kier molecular flexibility index (Phi) is 6.09. The van der Waals surface area contributed by atoms with Gasteiger partial charge in [0.15, 0.2) is 12.0 Å². The van der Waals surface area contributed by atoms with E-state index in [1.165, 1.54) is 6.07 Å². The molecule has 1 aliphatic heterocycles. The van der Waals surface area contributed by atoms with E-state index in [-0.39, 0.29) is 11.3 Å². The molecule has 0 fully saturated rings. The molecule has 2 heterocycles. The summed E-state index contributed by atoms with van der Waals surface area (Å²) in [5.74, 6) is -1.02. The summed E-state index contributed by atoms with van der Waals surface area (Å²) in [5, 5.41) is 0. The number of allylic oxidation sites excluding steroid dienone is 3. The number of aliphatic imine (C=N–C) groups is 1. The lowest BCUT2D eigenvalue weighted by Gasteiger charge is -2.28. The van der Waals surface area contributed by atoms with Crippen molar-refractivity contribution in [1.82, 2.24) is 4.98 Å². The SMILES string of the molecule is C=NC(CC1=C(C)CCN1c1c(F)c(-c2ccccc2F)nc2c1C=CC=CC2)OC. The van der Waals surface area contributed by atoms with Crippen molar-refractivity contribution in [3.05, 3.63) is 76.7 Å². The molecule has 0 saturated carbocycles. The van der Waals surface area contributed by atoms with Gasteiger partial charge in [0.1, 0.15) is 11.5 Å². The number of hydrogen-bond donors (Lipinski definition) is 0. The molecule has 0 bridgehead atoms. The topological polar surface area (TPSA) is 37.7 Å². The van der Waals surface area contributed by atoms with E-state index in [1.807, 2.05) is 36.1 Å². The molecule has 1 atom stereocenters. The van der Waals surface area contributed by atoms with Crippen LogP contribution < -0.4 is 4.90 Å². The number of anilines is 1. The lowest BCUT2D eigenvalue weighted by atomic mass is 10.0. The highest BCUT2D eigenvalue weighted by molar-refractivity contribution is 5.79. The zero-order valence-electron chi connectivity index (χ0n) is 17.7. The van der Waals surface area contributed by atoms with Crippen molar-refractivity contribution in [1.29, 1.82) is 0 Å². The molecule has 160 valence electrons. The highest BCUT2D eigenvalue weighted by Gasteiger charge is 2.31. The Morgan fingerprint density at radius 3 is 2.81 bits per heavy atom. The van der Waals surface area contributed by atoms with Crippen molar-refractivity contribution in [3.8, 4) is 11.3 Å². The Hall–Kier alpha value is -3.12. The van der Waals surface area contributed by atoms with Gasteiger partial charge in [-0.15, -0.1) is 0 Å². The predicted octanol–water partition coefficient (Wildman–Crippen LogP) is 5.70. The van der Waals surface area contributed by atoms with Gasteiger partial charge in [-0.3, -0.25) is 4.99 Å². The third kappa shape index (κ3) is 3.95. The first-order valence-corrected chi connectivity index (χ1v) is 10.3. The number of rotatable bonds is 6. The zero-order valence-corrected chi connectivity index (χ0v) is 17.7. The summed E-state index contributed by atoms with van der Waals surface area (Å²) in [6, 6.07) is 6.17. The summed E-state index contributed by atoms with van der Waals surface area (Å²) in [6.45, 7) is 6.26. The van der Waals surface area contributed by atoms with E-state index >= 15 is 4.39 Å². The number of fused-ring (bicyclic) bond motifs is 1. The molecular weight excluding hydrogens is 396 g/mol. The maximum absolute atomic E-state index is 16.1. The minimum absolute atomic E-state index is 0.0320. The first-order chi connectivity index (χ1) is 15.0. The maximum Gasteiger partial charge on any atom is 0.173 e. The van der Waals surface area contributed by atoms with Crippen molar-refractivity contribution in [2.24, 2.45) is 4.99 Å². The first-order valence-electron chi connectivity index (χ1n) is 10.3. The van der Waals surface area contributed by atoms with Crippen LogP contribution >= 0.6 is 0 Å². The van der Waals surface area contributed by atoms with E-state index in [2.05, 4.69) is 16.7 Å². The Morgan fingerprint density at radius 1 is 1.26 bits per heavy atom. The highest BCUT2D eigenvalue weighted by atomic mass is 19.1. The van der Waals surface area contributed by atoms with Crippen LogP contribution in [0.15, 0.2) is 58.8 Å². The summed E-state index contributed by atoms with van der Waals surface area (Å²) < 4.78 is 36.1. The molecule has 1 aromatic carbocycles. The summed E-state index contributed by atoms with van der Waals surface area (Å²) >= 11 is 0. The number of hydrogen-bond acceptors (Lipinski definition) is 4. The average Bonchev–Trinajstić information content (AvgIpc) is 2.97. The third-order valence-corrected chi connectivity index (χ3v) is 5.82. The van der Waals surface area contributed by atoms with Crippen LogP contribution in [0.3, 0.4) is 0 Å². The molecule has 0 amide bonds. The van der Waals surface area contributed by atoms with E-state index in [4.69, 9.17) is 4.74 Å². The van der Waals surface area contributed by atoms with Crippen LogP contribution in [0.2, 0.25) is 0 Å². The molecular formula is C25H25F2N3O. The number of methoxy groups -OCH3 is 1. The number of pyridine rings is 1. The van der Waals surface area contributed by atoms with Gasteiger partial charge < -0.3 is 9.64 Å². The van der Waals surface area contributed by atoms with Gasteiger partial charge in [0.05, 0.1) is 11.4 Å². The monoisotopic (exact) mass is 421 g/mol. The van der Waals surface area contributed by atoms with Crippen LogP contribution in [0.5, 0.6) is 0 Å². The number of benzene rings is 1. The van der Waals surface area contributed by atoms with Crippen molar-refractivity contribution >= 4 is 18.5 Å². The first kappa shape index (κ1) is 21.1. The molecule has 1 unspecified atom stereocenters. The number of nitrogens with zero attached hydrogens (tertiary/aromatic N) is 3.